The molecule has 0 aromatic heterocycles. The number of isocyanates is 1. The summed E-state index contributed by atoms with van der Waals surface area (Å²) >= 11 is 0. The van der Waals surface area contributed by atoms with Crippen molar-refractivity contribution < 1.29 is 14.3 Å². The van der Waals surface area contributed by atoms with Crippen LogP contribution in [0.5, 0.6) is 0 Å². The van der Waals surface area contributed by atoms with Crippen LogP contribution < -0.4 is 0 Å². The minimum absolute atomic E-state index is 0.0386. The molecule has 1 rings (SSSR count). The van der Waals surface area contributed by atoms with Gasteiger partial charge in [0.25, 0.3) is 0 Å². The first-order valence-corrected chi connectivity index (χ1v) is 4.11. The highest BCUT2D eigenvalue weighted by atomic mass is 16.6. The molecule has 0 aromatic rings. The Morgan fingerprint density at radius 1 is 1.33 bits per heavy atom. The van der Waals surface area contributed by atoms with Gasteiger partial charge in [-0.1, -0.05) is 11.4 Å². The smallest absolute Gasteiger partial charge is 0.444 e. The molecular weight excluding hydrogens is 158 g/mol. The van der Waals surface area contributed by atoms with Crippen LogP contribution in [0.1, 0.15) is 32.1 Å². The van der Waals surface area contributed by atoms with Gasteiger partial charge in [-0.3, -0.25) is 0 Å². The summed E-state index contributed by atoms with van der Waals surface area (Å²) in [6.07, 6.45) is 5.46. The maximum Gasteiger partial charge on any atom is 0.444 e. The fraction of sp³-hybridized carbons (Fsp3) is 0.750. The second kappa shape index (κ2) is 4.67. The molecule has 0 unspecified atom stereocenters. The second-order valence-corrected chi connectivity index (χ2v) is 2.85. The summed E-state index contributed by atoms with van der Waals surface area (Å²) in [6.45, 7) is 0. The monoisotopic (exact) mass is 169 g/mol. The second-order valence-electron chi connectivity index (χ2n) is 2.85. The van der Waals surface area contributed by atoms with E-state index in [0.29, 0.717) is 0 Å². The highest BCUT2D eigenvalue weighted by molar-refractivity contribution is 5.74. The fourth-order valence-corrected chi connectivity index (χ4v) is 1.39. The van der Waals surface area contributed by atoms with Crippen molar-refractivity contribution >= 4 is 12.2 Å². The zero-order chi connectivity index (χ0) is 8.81. The van der Waals surface area contributed by atoms with Crippen molar-refractivity contribution in [1.82, 2.24) is 0 Å². The van der Waals surface area contributed by atoms with Gasteiger partial charge in [0.2, 0.25) is 6.08 Å². The summed E-state index contributed by atoms with van der Waals surface area (Å²) < 4.78 is 4.86. The van der Waals surface area contributed by atoms with E-state index in [0.717, 1.165) is 31.8 Å². The molecule has 0 heterocycles. The van der Waals surface area contributed by atoms with E-state index in [2.05, 4.69) is 4.99 Å². The van der Waals surface area contributed by atoms with E-state index in [1.165, 1.54) is 6.42 Å². The van der Waals surface area contributed by atoms with Gasteiger partial charge >= 0.3 is 6.09 Å². The van der Waals surface area contributed by atoms with Crippen molar-refractivity contribution in [3.63, 3.8) is 0 Å². The molecule has 0 N–H and O–H groups in total. The van der Waals surface area contributed by atoms with Crippen LogP contribution >= 0.6 is 0 Å². The van der Waals surface area contributed by atoms with E-state index in [-0.39, 0.29) is 6.10 Å². The topological polar surface area (TPSA) is 55.7 Å². The Morgan fingerprint density at radius 3 is 2.58 bits per heavy atom. The van der Waals surface area contributed by atoms with Crippen LogP contribution in [0.25, 0.3) is 0 Å². The van der Waals surface area contributed by atoms with Crippen molar-refractivity contribution in [2.45, 2.75) is 38.2 Å². The lowest BCUT2D eigenvalue weighted by molar-refractivity contribution is 0.0833. The molecule has 1 saturated carbocycles. The molecule has 4 heteroatoms. The molecule has 0 radical (unpaired) electrons. The normalized spacial score (nSPS) is 18.0. The van der Waals surface area contributed by atoms with Crippen LogP contribution in [-0.4, -0.2) is 18.3 Å². The summed E-state index contributed by atoms with van der Waals surface area (Å²) in [4.78, 5) is 23.2. The highest BCUT2D eigenvalue weighted by Crippen LogP contribution is 2.20. The van der Waals surface area contributed by atoms with Gasteiger partial charge in [-0.15, -0.1) is 0 Å². The fourth-order valence-electron chi connectivity index (χ4n) is 1.39. The number of carbonyl (C=O) groups is 1. The molecule has 0 spiro atoms. The summed E-state index contributed by atoms with van der Waals surface area (Å²) in [7, 11) is 0. The quantitative estimate of drug-likeness (QED) is 0.444. The van der Waals surface area contributed by atoms with Crippen LogP contribution in [0.4, 0.5) is 4.79 Å². The maximum atomic E-state index is 10.7. The third kappa shape index (κ3) is 2.84. The van der Waals surface area contributed by atoms with Crippen LogP contribution in [0.15, 0.2) is 4.99 Å². The van der Waals surface area contributed by atoms with E-state index in [4.69, 9.17) is 4.74 Å². The number of nitrogens with zero attached hydrogens (tertiary/aromatic N) is 1. The van der Waals surface area contributed by atoms with Crippen molar-refractivity contribution in [3.8, 4) is 0 Å². The number of rotatable bonds is 1. The molecule has 0 saturated heterocycles. The number of carbonyl (C=O) groups excluding carboxylic acids is 2. The zero-order valence-corrected chi connectivity index (χ0v) is 6.78. The Bertz CT molecular complexity index is 202. The summed E-state index contributed by atoms with van der Waals surface area (Å²) in [5.41, 5.74) is 0. The van der Waals surface area contributed by atoms with Crippen LogP contribution in [0.3, 0.4) is 0 Å². The van der Waals surface area contributed by atoms with Gasteiger partial charge in [0.15, 0.2) is 0 Å². The lowest BCUT2D eigenvalue weighted by Crippen LogP contribution is -2.18. The van der Waals surface area contributed by atoms with Gasteiger partial charge in [-0.25, -0.2) is 9.59 Å². The van der Waals surface area contributed by atoms with Gasteiger partial charge in [-0.05, 0) is 25.7 Å². The number of hydrogen-bond donors (Lipinski definition) is 0. The largest absolute Gasteiger partial charge is 0.444 e. The first-order chi connectivity index (χ1) is 5.83. The van der Waals surface area contributed by atoms with E-state index in [1.54, 1.807) is 0 Å². The SMILES string of the molecule is O=C=NC(=O)OC1CCCCC1. The molecule has 1 aliphatic rings. The van der Waals surface area contributed by atoms with Crippen molar-refractivity contribution in [2.24, 2.45) is 4.99 Å². The molecule has 0 aromatic carbocycles. The number of ether oxygens (including phenoxy) is 1. The molecule has 0 bridgehead atoms. The predicted octanol–water partition coefficient (Wildman–Crippen LogP) is 1.79. The van der Waals surface area contributed by atoms with Crippen LogP contribution in [-0.2, 0) is 9.53 Å². The number of aliphatic imine (C=N–C) groups is 1. The lowest BCUT2D eigenvalue weighted by atomic mass is 9.98. The van der Waals surface area contributed by atoms with Crippen molar-refractivity contribution in [2.75, 3.05) is 0 Å². The standard InChI is InChI=1S/C8H11NO3/c10-6-9-8(11)12-7-4-2-1-3-5-7/h7H,1-5H2. The van der Waals surface area contributed by atoms with Gasteiger partial charge in [0, 0.05) is 0 Å². The molecule has 0 aliphatic heterocycles. The molecule has 1 amide bonds. The molecule has 12 heavy (non-hydrogen) atoms. The first-order valence-electron chi connectivity index (χ1n) is 4.11. The zero-order valence-electron chi connectivity index (χ0n) is 6.78. The van der Waals surface area contributed by atoms with E-state index < -0.39 is 6.09 Å². The predicted molar refractivity (Wildman–Crippen MR) is 41.5 cm³/mol. The third-order valence-corrected chi connectivity index (χ3v) is 1.96. The lowest BCUT2D eigenvalue weighted by Gasteiger charge is -2.19. The Morgan fingerprint density at radius 2 is 2.00 bits per heavy atom. The molecule has 66 valence electrons. The molecular formula is C8H11NO3. The van der Waals surface area contributed by atoms with Crippen molar-refractivity contribution in [3.05, 3.63) is 0 Å². The number of hydrogen-bond acceptors (Lipinski definition) is 3. The number of amides is 1. The highest BCUT2D eigenvalue weighted by Gasteiger charge is 2.16. The maximum absolute atomic E-state index is 10.7. The molecule has 1 aliphatic carbocycles. The third-order valence-electron chi connectivity index (χ3n) is 1.96. The van der Waals surface area contributed by atoms with Gasteiger partial charge < -0.3 is 4.74 Å². The molecule has 1 fully saturated rings. The summed E-state index contributed by atoms with van der Waals surface area (Å²) in [5.74, 6) is 0. The van der Waals surface area contributed by atoms with Gasteiger partial charge in [0.1, 0.15) is 6.10 Å². The van der Waals surface area contributed by atoms with Gasteiger partial charge in [0.05, 0.1) is 0 Å². The van der Waals surface area contributed by atoms with Crippen LogP contribution in [0, 0.1) is 0 Å². The van der Waals surface area contributed by atoms with E-state index in [1.807, 2.05) is 0 Å². The van der Waals surface area contributed by atoms with E-state index >= 15 is 0 Å². The summed E-state index contributed by atoms with van der Waals surface area (Å²) in [6, 6.07) is 0. The molecule has 4 nitrogen and oxygen atoms in total. The van der Waals surface area contributed by atoms with Crippen molar-refractivity contribution in [1.29, 1.82) is 0 Å². The Hall–Kier alpha value is -1.15. The Kier molecular flexibility index (Phi) is 3.48. The minimum atomic E-state index is -0.808. The summed E-state index contributed by atoms with van der Waals surface area (Å²) in [5, 5.41) is 0. The Balaban J connectivity index is 2.29. The first kappa shape index (κ1) is 8.94. The van der Waals surface area contributed by atoms with Crippen LogP contribution in [0.2, 0.25) is 0 Å². The average Bonchev–Trinajstić information content (AvgIpc) is 2.06. The Labute approximate surface area is 70.6 Å². The average molecular weight is 169 g/mol. The minimum Gasteiger partial charge on any atom is -0.444 e. The molecule has 0 atom stereocenters. The van der Waals surface area contributed by atoms with E-state index in [9.17, 15) is 9.59 Å². The van der Waals surface area contributed by atoms with Gasteiger partial charge in [-0.2, -0.15) is 0 Å².